The van der Waals surface area contributed by atoms with Gasteiger partial charge >= 0.3 is 0 Å². The fourth-order valence-electron chi connectivity index (χ4n) is 2.71. The molecule has 6 heteroatoms. The van der Waals surface area contributed by atoms with Crippen molar-refractivity contribution in [1.82, 2.24) is 14.5 Å². The highest BCUT2D eigenvalue weighted by molar-refractivity contribution is 5.04. The molecule has 2 atom stereocenters. The second-order valence-corrected chi connectivity index (χ2v) is 6.07. The van der Waals surface area contributed by atoms with Crippen LogP contribution in [-0.2, 0) is 6.54 Å². The van der Waals surface area contributed by atoms with Crippen LogP contribution in [0.1, 0.15) is 32.0 Å². The maximum Gasteiger partial charge on any atom is 0.251 e. The van der Waals surface area contributed by atoms with Crippen LogP contribution in [0.15, 0.2) is 12.5 Å². The third-order valence-electron chi connectivity index (χ3n) is 3.95. The highest BCUT2D eigenvalue weighted by Crippen LogP contribution is 2.21. The monoisotopic (exact) mass is 286 g/mol. The van der Waals surface area contributed by atoms with Crippen molar-refractivity contribution < 1.29 is 8.78 Å². The van der Waals surface area contributed by atoms with Gasteiger partial charge in [0.2, 0.25) is 0 Å². The van der Waals surface area contributed by atoms with E-state index in [0.717, 1.165) is 31.7 Å². The lowest BCUT2D eigenvalue weighted by Gasteiger charge is -2.15. The van der Waals surface area contributed by atoms with Crippen molar-refractivity contribution in [1.29, 1.82) is 0 Å². The molecular formula is C14H24F2N4. The maximum atomic E-state index is 12.3. The van der Waals surface area contributed by atoms with E-state index < -0.39 is 6.43 Å². The Kier molecular flexibility index (Phi) is 5.10. The largest absolute Gasteiger partial charge is 0.337 e. The van der Waals surface area contributed by atoms with Crippen LogP contribution in [0, 0.1) is 11.8 Å². The Labute approximate surface area is 119 Å². The van der Waals surface area contributed by atoms with E-state index in [1.165, 1.54) is 0 Å². The molecule has 0 amide bonds. The van der Waals surface area contributed by atoms with E-state index in [0.29, 0.717) is 11.8 Å². The van der Waals surface area contributed by atoms with Crippen LogP contribution in [0.25, 0.3) is 0 Å². The van der Waals surface area contributed by atoms with Crippen molar-refractivity contribution in [2.45, 2.75) is 39.3 Å². The van der Waals surface area contributed by atoms with Crippen LogP contribution < -0.4 is 5.73 Å². The van der Waals surface area contributed by atoms with Gasteiger partial charge in [0, 0.05) is 19.3 Å². The summed E-state index contributed by atoms with van der Waals surface area (Å²) in [5, 5.41) is 0. The molecule has 0 saturated carbocycles. The molecule has 0 radical (unpaired) electrons. The minimum absolute atomic E-state index is 0.0461. The van der Waals surface area contributed by atoms with Gasteiger partial charge in [0.15, 0.2) is 0 Å². The lowest BCUT2D eigenvalue weighted by Crippen LogP contribution is -2.27. The normalized spacial score (nSPS) is 22.1. The van der Waals surface area contributed by atoms with E-state index in [9.17, 15) is 8.78 Å². The van der Waals surface area contributed by atoms with Crippen LogP contribution in [-0.4, -0.2) is 40.5 Å². The molecule has 4 nitrogen and oxygen atoms in total. The number of aromatic nitrogens is 2. The van der Waals surface area contributed by atoms with Crippen LogP contribution in [0.2, 0.25) is 0 Å². The minimum Gasteiger partial charge on any atom is -0.337 e. The zero-order valence-electron chi connectivity index (χ0n) is 12.2. The molecule has 114 valence electrons. The zero-order chi connectivity index (χ0) is 14.7. The molecule has 0 aliphatic carbocycles. The number of halogens is 2. The molecule has 2 rings (SSSR count). The molecule has 1 aliphatic heterocycles. The summed E-state index contributed by atoms with van der Waals surface area (Å²) in [6, 6.07) is -0.0461. The Morgan fingerprint density at radius 3 is 2.85 bits per heavy atom. The maximum absolute atomic E-state index is 12.3. The van der Waals surface area contributed by atoms with Crippen LogP contribution >= 0.6 is 0 Å². The van der Waals surface area contributed by atoms with Crippen LogP contribution in [0.5, 0.6) is 0 Å². The molecule has 1 saturated heterocycles. The fraction of sp³-hybridized carbons (Fsp3) is 0.786. The number of nitrogens with zero attached hydrogens (tertiary/aromatic N) is 3. The van der Waals surface area contributed by atoms with Crippen molar-refractivity contribution in [2.75, 3.05) is 19.6 Å². The first-order valence-corrected chi connectivity index (χ1v) is 7.23. The number of hydrogen-bond donors (Lipinski definition) is 1. The fourth-order valence-corrected chi connectivity index (χ4v) is 2.71. The van der Waals surface area contributed by atoms with Gasteiger partial charge in [0.1, 0.15) is 0 Å². The minimum atomic E-state index is -2.24. The first kappa shape index (κ1) is 15.4. The van der Waals surface area contributed by atoms with E-state index >= 15 is 0 Å². The summed E-state index contributed by atoms with van der Waals surface area (Å²) < 4.78 is 26.7. The number of alkyl halides is 2. The lowest BCUT2D eigenvalue weighted by molar-refractivity contribution is 0.0975. The molecule has 0 spiro atoms. The number of nitrogens with two attached hydrogens (primary N) is 1. The van der Waals surface area contributed by atoms with Crippen molar-refractivity contribution in [2.24, 2.45) is 17.6 Å². The summed E-state index contributed by atoms with van der Waals surface area (Å²) >= 11 is 0. The van der Waals surface area contributed by atoms with Gasteiger partial charge in [-0.2, -0.15) is 0 Å². The second-order valence-electron chi connectivity index (χ2n) is 6.07. The van der Waals surface area contributed by atoms with Gasteiger partial charge < -0.3 is 10.3 Å². The Hall–Kier alpha value is -1.01. The summed E-state index contributed by atoms with van der Waals surface area (Å²) in [7, 11) is 0. The van der Waals surface area contributed by atoms with Crippen molar-refractivity contribution in [3.8, 4) is 0 Å². The number of likely N-dealkylation sites (tertiary alicyclic amines) is 1. The summed E-state index contributed by atoms with van der Waals surface area (Å²) in [4.78, 5) is 6.19. The molecule has 1 aliphatic rings. The Morgan fingerprint density at radius 2 is 2.20 bits per heavy atom. The van der Waals surface area contributed by atoms with Crippen molar-refractivity contribution >= 4 is 0 Å². The molecule has 2 N–H and O–H groups in total. The van der Waals surface area contributed by atoms with Gasteiger partial charge in [-0.25, -0.2) is 13.8 Å². The lowest BCUT2D eigenvalue weighted by atomic mass is 10.0. The van der Waals surface area contributed by atoms with Gasteiger partial charge in [0.25, 0.3) is 6.43 Å². The Bertz CT molecular complexity index is 419. The van der Waals surface area contributed by atoms with Gasteiger partial charge in [-0.05, 0) is 24.8 Å². The third-order valence-corrected chi connectivity index (χ3v) is 3.95. The molecule has 0 bridgehead atoms. The van der Waals surface area contributed by atoms with Gasteiger partial charge in [-0.15, -0.1) is 0 Å². The number of imidazole rings is 1. The predicted molar refractivity (Wildman–Crippen MR) is 74.5 cm³/mol. The van der Waals surface area contributed by atoms with Crippen LogP contribution in [0.4, 0.5) is 8.78 Å². The summed E-state index contributed by atoms with van der Waals surface area (Å²) in [5.74, 6) is 0.775. The SMILES string of the molecule is CC(C)C(N)c1cn(C[C@H]2CCN(CC(F)F)C2)cn1. The standard InChI is InChI=1S/C14H24F2N4/c1-10(2)14(17)12-7-20(9-18-12)6-11-3-4-19(5-11)8-13(15)16/h7,9-11,13-14H,3-6,8,17H2,1-2H3/t11-,14?/m0/s1. The first-order valence-electron chi connectivity index (χ1n) is 7.23. The third kappa shape index (κ3) is 3.99. The summed E-state index contributed by atoms with van der Waals surface area (Å²) in [6.07, 6.45) is 2.52. The molecule has 2 heterocycles. The van der Waals surface area contributed by atoms with Crippen molar-refractivity contribution in [3.05, 3.63) is 18.2 Å². The van der Waals surface area contributed by atoms with Gasteiger partial charge in [-0.1, -0.05) is 13.8 Å². The topological polar surface area (TPSA) is 47.1 Å². The highest BCUT2D eigenvalue weighted by atomic mass is 19.3. The Balaban J connectivity index is 1.86. The second kappa shape index (κ2) is 6.63. The molecule has 20 heavy (non-hydrogen) atoms. The van der Waals surface area contributed by atoms with Crippen molar-refractivity contribution in [3.63, 3.8) is 0 Å². The molecule has 1 aromatic rings. The molecule has 0 aromatic carbocycles. The summed E-state index contributed by atoms with van der Waals surface area (Å²) in [5.41, 5.74) is 6.97. The Morgan fingerprint density at radius 1 is 1.45 bits per heavy atom. The first-order chi connectivity index (χ1) is 9.45. The molecule has 1 fully saturated rings. The number of hydrogen-bond acceptors (Lipinski definition) is 3. The number of rotatable bonds is 6. The molecule has 1 aromatic heterocycles. The van der Waals surface area contributed by atoms with Gasteiger partial charge in [-0.3, -0.25) is 4.90 Å². The van der Waals surface area contributed by atoms with E-state index in [1.807, 2.05) is 15.7 Å². The quantitative estimate of drug-likeness (QED) is 0.871. The average Bonchev–Trinajstić information content (AvgIpc) is 2.98. The summed E-state index contributed by atoms with van der Waals surface area (Å²) in [6.45, 7) is 6.38. The molecule has 1 unspecified atom stereocenters. The smallest absolute Gasteiger partial charge is 0.251 e. The highest BCUT2D eigenvalue weighted by Gasteiger charge is 2.25. The average molecular weight is 286 g/mol. The zero-order valence-corrected chi connectivity index (χ0v) is 12.2. The van der Waals surface area contributed by atoms with Crippen LogP contribution in [0.3, 0.4) is 0 Å². The van der Waals surface area contributed by atoms with E-state index in [1.54, 1.807) is 6.33 Å². The van der Waals surface area contributed by atoms with E-state index in [4.69, 9.17) is 5.73 Å². The van der Waals surface area contributed by atoms with E-state index in [-0.39, 0.29) is 12.6 Å². The van der Waals surface area contributed by atoms with Gasteiger partial charge in [0.05, 0.1) is 24.6 Å². The predicted octanol–water partition coefficient (Wildman–Crippen LogP) is 2.13. The molecular weight excluding hydrogens is 262 g/mol. The van der Waals surface area contributed by atoms with E-state index in [2.05, 4.69) is 18.8 Å².